The summed E-state index contributed by atoms with van der Waals surface area (Å²) in [5.74, 6) is 2.68. The highest BCUT2D eigenvalue weighted by Crippen LogP contribution is 2.62. The minimum absolute atomic E-state index is 0.0273. The Balaban J connectivity index is 1.06. The van der Waals surface area contributed by atoms with E-state index in [4.69, 9.17) is 4.42 Å². The molecule has 4 atom stereocenters. The van der Waals surface area contributed by atoms with Crippen molar-refractivity contribution < 1.29 is 4.42 Å². The van der Waals surface area contributed by atoms with Crippen molar-refractivity contribution in [3.05, 3.63) is 191 Å². The molecule has 7 aliphatic rings. The number of benzene rings is 3. The van der Waals surface area contributed by atoms with Gasteiger partial charge in [0.2, 0.25) is 0 Å². The number of rotatable bonds is 7. The van der Waals surface area contributed by atoms with Gasteiger partial charge in [0.25, 0.3) is 0 Å². The van der Waals surface area contributed by atoms with Crippen LogP contribution in [-0.4, -0.2) is 4.90 Å². The van der Waals surface area contributed by atoms with Gasteiger partial charge in [-0.3, -0.25) is 0 Å². The summed E-state index contributed by atoms with van der Waals surface area (Å²) in [6.45, 7) is 6.46. The molecule has 2 heteroatoms. The Labute approximate surface area is 332 Å². The minimum atomic E-state index is 0.0273. The van der Waals surface area contributed by atoms with Gasteiger partial charge in [-0.25, -0.2) is 0 Å². The van der Waals surface area contributed by atoms with E-state index in [9.17, 15) is 0 Å². The summed E-state index contributed by atoms with van der Waals surface area (Å²) in [6.07, 6.45) is 39.6. The summed E-state index contributed by atoms with van der Waals surface area (Å²) in [6, 6.07) is 25.2. The van der Waals surface area contributed by atoms with Crippen LogP contribution in [0.5, 0.6) is 0 Å². The van der Waals surface area contributed by atoms with Crippen molar-refractivity contribution in [3.63, 3.8) is 0 Å². The molecule has 0 aliphatic heterocycles. The molecule has 278 valence electrons. The predicted octanol–water partition coefficient (Wildman–Crippen LogP) is 14.3. The number of fused-ring (bicyclic) bond motifs is 10. The molecule has 1 spiro atoms. The van der Waals surface area contributed by atoms with Gasteiger partial charge in [0.1, 0.15) is 11.3 Å². The first-order valence-electron chi connectivity index (χ1n) is 21.3. The molecule has 0 N–H and O–H groups in total. The van der Waals surface area contributed by atoms with Crippen molar-refractivity contribution in [2.75, 3.05) is 0 Å². The highest BCUT2D eigenvalue weighted by atomic mass is 16.3. The number of allylic oxidation sites excluding steroid dienone is 14. The Morgan fingerprint density at radius 2 is 1.73 bits per heavy atom. The van der Waals surface area contributed by atoms with Crippen LogP contribution < -0.4 is 0 Å². The van der Waals surface area contributed by atoms with Gasteiger partial charge < -0.3 is 9.32 Å². The average Bonchev–Trinajstić information content (AvgIpc) is 4.14. The molecule has 11 rings (SSSR count). The molecule has 2 nitrogen and oxygen atoms in total. The Morgan fingerprint density at radius 3 is 2.59 bits per heavy atom. The quantitative estimate of drug-likeness (QED) is 0.176. The van der Waals surface area contributed by atoms with E-state index < -0.39 is 0 Å². The second-order valence-corrected chi connectivity index (χ2v) is 17.4. The van der Waals surface area contributed by atoms with Gasteiger partial charge in [0.05, 0.1) is 5.70 Å². The molecule has 4 aromatic rings. The first-order valence-corrected chi connectivity index (χ1v) is 21.3. The zero-order chi connectivity index (χ0) is 37.4. The van der Waals surface area contributed by atoms with E-state index >= 15 is 0 Å². The summed E-state index contributed by atoms with van der Waals surface area (Å²) >= 11 is 0. The fraction of sp³-hybridized carbons (Fsp3) is 0.296. The topological polar surface area (TPSA) is 16.4 Å². The van der Waals surface area contributed by atoms with Crippen molar-refractivity contribution in [1.82, 2.24) is 4.90 Å². The second-order valence-electron chi connectivity index (χ2n) is 17.4. The lowest BCUT2D eigenvalue weighted by molar-refractivity contribution is 0.353. The van der Waals surface area contributed by atoms with E-state index in [1.807, 2.05) is 0 Å². The van der Waals surface area contributed by atoms with Gasteiger partial charge in [-0.15, -0.1) is 6.58 Å². The molecule has 3 fully saturated rings. The Kier molecular flexibility index (Phi) is 7.96. The maximum Gasteiger partial charge on any atom is 0.135 e. The lowest BCUT2D eigenvalue weighted by atomic mass is 9.68. The summed E-state index contributed by atoms with van der Waals surface area (Å²) < 4.78 is 7.14. The monoisotopic (exact) mass is 729 g/mol. The van der Waals surface area contributed by atoms with Crippen molar-refractivity contribution >= 4 is 22.6 Å². The molecule has 0 bridgehead atoms. The second kappa shape index (κ2) is 13.1. The lowest BCUT2D eigenvalue weighted by Gasteiger charge is -2.35. The van der Waals surface area contributed by atoms with Crippen molar-refractivity contribution in [1.29, 1.82) is 0 Å². The smallest absolute Gasteiger partial charge is 0.135 e. The van der Waals surface area contributed by atoms with Crippen LogP contribution in [0.3, 0.4) is 0 Å². The maximum atomic E-state index is 7.14. The SMILES string of the molecule is C=CC1(C2=CCC=C(N(C3=Cc4oc5cc6c(cc5c4C4CC4C3)-c3ccccc3C63CCCCC3)C3=CC=CCC=C3c3ccccc3)C=C2)CC1/C=C\C. The van der Waals surface area contributed by atoms with Gasteiger partial charge in [-0.1, -0.05) is 129 Å². The van der Waals surface area contributed by atoms with E-state index in [-0.39, 0.29) is 10.8 Å². The highest BCUT2D eigenvalue weighted by molar-refractivity contribution is 5.95. The van der Waals surface area contributed by atoms with E-state index in [0.29, 0.717) is 17.8 Å². The normalized spacial score (nSPS) is 26.7. The fourth-order valence-corrected chi connectivity index (χ4v) is 11.5. The number of furan rings is 1. The van der Waals surface area contributed by atoms with E-state index in [1.165, 1.54) is 100.0 Å². The first-order chi connectivity index (χ1) is 27.6. The fourth-order valence-electron chi connectivity index (χ4n) is 11.5. The molecule has 0 saturated heterocycles. The number of nitrogens with zero attached hydrogens (tertiary/aromatic N) is 1. The molecule has 3 saturated carbocycles. The summed E-state index contributed by atoms with van der Waals surface area (Å²) in [5, 5.41) is 1.33. The van der Waals surface area contributed by atoms with Crippen LogP contribution in [0.4, 0.5) is 0 Å². The van der Waals surface area contributed by atoms with Crippen LogP contribution in [-0.2, 0) is 5.41 Å². The zero-order valence-electron chi connectivity index (χ0n) is 32.6. The van der Waals surface area contributed by atoms with Crippen molar-refractivity contribution in [2.45, 2.75) is 82.5 Å². The van der Waals surface area contributed by atoms with E-state index in [2.05, 4.69) is 158 Å². The third kappa shape index (κ3) is 5.21. The molecule has 3 aromatic carbocycles. The van der Waals surface area contributed by atoms with E-state index in [1.54, 1.807) is 5.56 Å². The molecule has 56 heavy (non-hydrogen) atoms. The van der Waals surface area contributed by atoms with Crippen LogP contribution in [0.15, 0.2) is 167 Å². The molecule has 1 heterocycles. The average molecular weight is 730 g/mol. The Bertz CT molecular complexity index is 2530. The van der Waals surface area contributed by atoms with Gasteiger partial charge >= 0.3 is 0 Å². The minimum Gasteiger partial charge on any atom is -0.456 e. The summed E-state index contributed by atoms with van der Waals surface area (Å²) in [4.78, 5) is 2.59. The third-order valence-corrected chi connectivity index (χ3v) is 14.4. The zero-order valence-corrected chi connectivity index (χ0v) is 32.6. The third-order valence-electron chi connectivity index (χ3n) is 14.4. The van der Waals surface area contributed by atoms with E-state index in [0.717, 1.165) is 37.0 Å². The van der Waals surface area contributed by atoms with Gasteiger partial charge in [0, 0.05) is 44.8 Å². The van der Waals surface area contributed by atoms with Crippen LogP contribution in [0.2, 0.25) is 0 Å². The van der Waals surface area contributed by atoms with Crippen molar-refractivity contribution in [3.8, 4) is 11.1 Å². The van der Waals surface area contributed by atoms with Gasteiger partial charge in [-0.2, -0.15) is 0 Å². The molecular weight excluding hydrogens is 679 g/mol. The van der Waals surface area contributed by atoms with Crippen LogP contribution in [0.25, 0.3) is 33.7 Å². The molecule has 4 unspecified atom stereocenters. The van der Waals surface area contributed by atoms with Gasteiger partial charge in [0.15, 0.2) is 0 Å². The highest BCUT2D eigenvalue weighted by Gasteiger charge is 2.52. The maximum absolute atomic E-state index is 7.14. The molecular formula is C54H51NO. The summed E-state index contributed by atoms with van der Waals surface area (Å²) in [5.41, 5.74) is 16.3. The van der Waals surface area contributed by atoms with Crippen LogP contribution >= 0.6 is 0 Å². The molecule has 0 amide bonds. The largest absolute Gasteiger partial charge is 0.456 e. The van der Waals surface area contributed by atoms with Crippen LogP contribution in [0, 0.1) is 17.3 Å². The van der Waals surface area contributed by atoms with Gasteiger partial charge in [-0.05, 0) is 127 Å². The molecule has 0 radical (unpaired) electrons. The van der Waals surface area contributed by atoms with Crippen LogP contribution in [0.1, 0.15) is 105 Å². The number of hydrogen-bond donors (Lipinski definition) is 0. The molecule has 1 aromatic heterocycles. The molecule has 7 aliphatic carbocycles. The Morgan fingerprint density at radius 1 is 0.875 bits per heavy atom. The predicted molar refractivity (Wildman–Crippen MR) is 233 cm³/mol. The Hall–Kier alpha value is -5.34. The number of hydrogen-bond acceptors (Lipinski definition) is 2. The standard InChI is InChI=1S/C54H51NO/c1-3-17-39-35-53(39,4-2)38-20-16-21-40(27-26-38)55(49-25-11-6-10-22-42(49)36-18-8-5-9-19-36)41-30-37-31-44(37)52-46-33-45-43-23-12-13-24-47(43)54(28-14-7-15-29-54)48(45)34-50(46)56-51(52)32-41/h3-6,8-9,11-13,17-27,32-34,37,39,44H,2,7,10,14-16,28-31,35H2,1H3/b17-3-. The van der Waals surface area contributed by atoms with Crippen molar-refractivity contribution in [2.24, 2.45) is 17.3 Å². The summed E-state index contributed by atoms with van der Waals surface area (Å²) in [7, 11) is 0. The lowest BCUT2D eigenvalue weighted by Crippen LogP contribution is -2.27. The first kappa shape index (κ1) is 34.0.